The van der Waals surface area contributed by atoms with E-state index >= 15 is 0 Å². The summed E-state index contributed by atoms with van der Waals surface area (Å²) < 4.78 is 1.11. The first-order valence-electron chi connectivity index (χ1n) is 6.95. The number of hydrogen-bond acceptors (Lipinski definition) is 4. The average Bonchev–Trinajstić information content (AvgIpc) is 2.49. The molecule has 0 radical (unpaired) electrons. The monoisotopic (exact) mass is 375 g/mol. The zero-order valence-electron chi connectivity index (χ0n) is 12.6. The Bertz CT molecular complexity index is 762. The molecule has 0 spiro atoms. The third kappa shape index (κ3) is 3.98. The van der Waals surface area contributed by atoms with Crippen LogP contribution in [0.2, 0.25) is 15.1 Å². The van der Waals surface area contributed by atoms with E-state index < -0.39 is 5.56 Å². The molecule has 0 saturated heterocycles. The minimum absolute atomic E-state index is 0.0230. The number of aliphatic hydroxyl groups is 1. The second kappa shape index (κ2) is 7.53. The lowest BCUT2D eigenvalue weighted by molar-refractivity contribution is 0.249. The molecule has 2 N–H and O–H groups in total. The largest absolute Gasteiger partial charge is 0.394 e. The van der Waals surface area contributed by atoms with Crippen molar-refractivity contribution in [1.82, 2.24) is 9.78 Å². The topological polar surface area (TPSA) is 67.2 Å². The summed E-state index contributed by atoms with van der Waals surface area (Å²) in [5.41, 5.74) is 0.240. The molecule has 0 fully saturated rings. The molecule has 2 rings (SSSR count). The van der Waals surface area contributed by atoms with Gasteiger partial charge in [0.2, 0.25) is 0 Å². The van der Waals surface area contributed by atoms with Gasteiger partial charge in [-0.25, -0.2) is 0 Å². The maximum atomic E-state index is 12.4. The molecule has 5 nitrogen and oxygen atoms in total. The molecule has 0 amide bonds. The zero-order chi connectivity index (χ0) is 17.1. The van der Waals surface area contributed by atoms with Gasteiger partial charge < -0.3 is 10.4 Å². The summed E-state index contributed by atoms with van der Waals surface area (Å²) in [6.45, 7) is 3.81. The van der Waals surface area contributed by atoms with Crippen LogP contribution >= 0.6 is 34.8 Å². The molecule has 0 aliphatic carbocycles. The second-order valence-electron chi connectivity index (χ2n) is 5.36. The van der Waals surface area contributed by atoms with E-state index in [0.29, 0.717) is 21.4 Å². The molecule has 0 aliphatic heterocycles. The van der Waals surface area contributed by atoms with E-state index in [-0.39, 0.29) is 23.6 Å². The van der Waals surface area contributed by atoms with Gasteiger partial charge in [-0.3, -0.25) is 4.79 Å². The Balaban J connectivity index is 2.43. The first kappa shape index (κ1) is 18.1. The standard InChI is InChI=1S/C15H16Cl3N3O2/c1-8(2)12(7-22)20-11-6-19-21(15(23)14(11)18)13-4-3-9(16)5-10(13)17/h3-6,8,12,20,22H,7H2,1-2H3/t12-/m1/s1. The number of benzene rings is 1. The number of hydrogen-bond donors (Lipinski definition) is 2. The highest BCUT2D eigenvalue weighted by atomic mass is 35.5. The first-order valence-corrected chi connectivity index (χ1v) is 8.09. The van der Waals surface area contributed by atoms with Crippen molar-refractivity contribution in [3.8, 4) is 5.69 Å². The number of nitrogens with one attached hydrogen (secondary N) is 1. The zero-order valence-corrected chi connectivity index (χ0v) is 14.8. The molecule has 8 heteroatoms. The van der Waals surface area contributed by atoms with Crippen molar-refractivity contribution >= 4 is 40.5 Å². The molecule has 124 valence electrons. The van der Waals surface area contributed by atoms with Crippen LogP contribution in [0.5, 0.6) is 0 Å². The summed E-state index contributed by atoms with van der Waals surface area (Å²) in [5, 5.41) is 17.2. The first-order chi connectivity index (χ1) is 10.8. The minimum atomic E-state index is -0.513. The molecule has 1 heterocycles. The van der Waals surface area contributed by atoms with Gasteiger partial charge in [-0.1, -0.05) is 48.7 Å². The van der Waals surface area contributed by atoms with Gasteiger partial charge in [0.25, 0.3) is 5.56 Å². The Morgan fingerprint density at radius 2 is 2.00 bits per heavy atom. The minimum Gasteiger partial charge on any atom is -0.394 e. The molecule has 0 bridgehead atoms. The second-order valence-corrected chi connectivity index (χ2v) is 6.58. The van der Waals surface area contributed by atoms with E-state index in [2.05, 4.69) is 10.4 Å². The van der Waals surface area contributed by atoms with Gasteiger partial charge in [-0.15, -0.1) is 0 Å². The number of aromatic nitrogens is 2. The van der Waals surface area contributed by atoms with Crippen LogP contribution in [-0.4, -0.2) is 27.5 Å². The molecule has 1 aromatic carbocycles. The molecular formula is C15H16Cl3N3O2. The average molecular weight is 377 g/mol. The van der Waals surface area contributed by atoms with Crippen molar-refractivity contribution in [2.45, 2.75) is 19.9 Å². The highest BCUT2D eigenvalue weighted by Crippen LogP contribution is 2.25. The predicted molar refractivity (Wildman–Crippen MR) is 94.2 cm³/mol. The Morgan fingerprint density at radius 1 is 1.30 bits per heavy atom. The van der Waals surface area contributed by atoms with Crippen molar-refractivity contribution in [2.75, 3.05) is 11.9 Å². The molecular weight excluding hydrogens is 361 g/mol. The highest BCUT2D eigenvalue weighted by Gasteiger charge is 2.17. The fraction of sp³-hybridized carbons (Fsp3) is 0.333. The van der Waals surface area contributed by atoms with Crippen LogP contribution in [0.1, 0.15) is 13.8 Å². The summed E-state index contributed by atoms with van der Waals surface area (Å²) in [4.78, 5) is 12.4. The van der Waals surface area contributed by atoms with Gasteiger partial charge in [-0.2, -0.15) is 9.78 Å². The number of rotatable bonds is 5. The predicted octanol–water partition coefficient (Wildman–Crippen LogP) is 3.62. The summed E-state index contributed by atoms with van der Waals surface area (Å²) >= 11 is 18.1. The van der Waals surface area contributed by atoms with Gasteiger partial charge in [0.1, 0.15) is 5.02 Å². The maximum Gasteiger partial charge on any atom is 0.292 e. The summed E-state index contributed by atoms with van der Waals surface area (Å²) in [5.74, 6) is 0.157. The fourth-order valence-corrected chi connectivity index (χ4v) is 2.65. The lowest BCUT2D eigenvalue weighted by Gasteiger charge is -2.21. The highest BCUT2D eigenvalue weighted by molar-refractivity contribution is 6.36. The Morgan fingerprint density at radius 3 is 2.57 bits per heavy atom. The maximum absolute atomic E-state index is 12.4. The van der Waals surface area contributed by atoms with Crippen LogP contribution in [0.3, 0.4) is 0 Å². The van der Waals surface area contributed by atoms with E-state index in [1.54, 1.807) is 12.1 Å². The lowest BCUT2D eigenvalue weighted by atomic mass is 10.1. The lowest BCUT2D eigenvalue weighted by Crippen LogP contribution is -2.31. The third-order valence-electron chi connectivity index (χ3n) is 3.40. The molecule has 0 unspecified atom stereocenters. The summed E-state index contributed by atoms with van der Waals surface area (Å²) in [7, 11) is 0. The number of anilines is 1. The van der Waals surface area contributed by atoms with E-state index in [0.717, 1.165) is 4.68 Å². The van der Waals surface area contributed by atoms with E-state index in [4.69, 9.17) is 34.8 Å². The van der Waals surface area contributed by atoms with Crippen LogP contribution in [0.4, 0.5) is 5.69 Å². The van der Waals surface area contributed by atoms with Crippen LogP contribution in [0, 0.1) is 5.92 Å². The van der Waals surface area contributed by atoms with Crippen molar-refractivity contribution in [1.29, 1.82) is 0 Å². The Hall–Kier alpha value is -1.27. The van der Waals surface area contributed by atoms with Crippen molar-refractivity contribution in [3.05, 3.63) is 49.8 Å². The van der Waals surface area contributed by atoms with Gasteiger partial charge in [-0.05, 0) is 24.1 Å². The molecule has 0 saturated carbocycles. The van der Waals surface area contributed by atoms with E-state index in [1.165, 1.54) is 12.3 Å². The number of halogens is 3. The van der Waals surface area contributed by atoms with Gasteiger partial charge in [0, 0.05) is 5.02 Å². The quantitative estimate of drug-likeness (QED) is 0.836. The Kier molecular flexibility index (Phi) is 5.92. The molecule has 1 atom stereocenters. The van der Waals surface area contributed by atoms with Crippen LogP contribution in [-0.2, 0) is 0 Å². The summed E-state index contributed by atoms with van der Waals surface area (Å²) in [6, 6.07) is 4.49. The third-order valence-corrected chi connectivity index (χ3v) is 4.30. The SMILES string of the molecule is CC(C)[C@@H](CO)Nc1cnn(-c2ccc(Cl)cc2Cl)c(=O)c1Cl. The van der Waals surface area contributed by atoms with Crippen LogP contribution in [0.15, 0.2) is 29.2 Å². The van der Waals surface area contributed by atoms with Gasteiger partial charge in [0.05, 0.1) is 35.2 Å². The van der Waals surface area contributed by atoms with E-state index in [9.17, 15) is 9.90 Å². The normalized spacial score (nSPS) is 12.5. The fourth-order valence-electron chi connectivity index (χ4n) is 1.98. The smallest absolute Gasteiger partial charge is 0.292 e. The molecule has 0 aliphatic rings. The number of aliphatic hydroxyl groups excluding tert-OH is 1. The molecule has 2 aromatic rings. The number of nitrogens with zero attached hydrogens (tertiary/aromatic N) is 2. The molecule has 23 heavy (non-hydrogen) atoms. The van der Waals surface area contributed by atoms with Crippen molar-refractivity contribution in [3.63, 3.8) is 0 Å². The van der Waals surface area contributed by atoms with Crippen molar-refractivity contribution < 1.29 is 5.11 Å². The Labute approximate surface area is 148 Å². The van der Waals surface area contributed by atoms with Gasteiger partial charge >= 0.3 is 0 Å². The molecule has 1 aromatic heterocycles. The van der Waals surface area contributed by atoms with Crippen LogP contribution in [0.25, 0.3) is 5.69 Å². The van der Waals surface area contributed by atoms with Gasteiger partial charge in [0.15, 0.2) is 0 Å². The van der Waals surface area contributed by atoms with E-state index in [1.807, 2.05) is 13.8 Å². The van der Waals surface area contributed by atoms with Crippen molar-refractivity contribution in [2.24, 2.45) is 5.92 Å². The summed E-state index contributed by atoms with van der Waals surface area (Å²) in [6.07, 6.45) is 1.43. The van der Waals surface area contributed by atoms with Crippen LogP contribution < -0.4 is 10.9 Å².